The number of fused-ring (bicyclic) bond motifs is 1. The lowest BCUT2D eigenvalue weighted by atomic mass is 9.95. The lowest BCUT2D eigenvalue weighted by Gasteiger charge is -2.10. The number of benzene rings is 3. The standard InChI is InChI=1S/C25H20N4O3S/c1-16(21-8-4-6-17-5-2-3-7-22(17)21)25-27-24(28-32-25)18-9-11-19(12-10-18)26-15-20-13-14-23(33-20)29(30)31/h2-14,16,26H,15H2,1H3. The predicted octanol–water partition coefficient (Wildman–Crippen LogP) is 6.62. The van der Waals surface area contributed by atoms with E-state index in [1.54, 1.807) is 6.07 Å². The first-order valence-electron chi connectivity index (χ1n) is 10.5. The third-order valence-electron chi connectivity index (χ3n) is 5.54. The molecule has 0 radical (unpaired) electrons. The molecular formula is C25H20N4O3S. The number of aromatic nitrogens is 2. The Morgan fingerprint density at radius 1 is 1.03 bits per heavy atom. The number of anilines is 1. The van der Waals surface area contributed by atoms with E-state index in [4.69, 9.17) is 4.52 Å². The van der Waals surface area contributed by atoms with E-state index < -0.39 is 0 Å². The lowest BCUT2D eigenvalue weighted by Crippen LogP contribution is -1.98. The fourth-order valence-electron chi connectivity index (χ4n) is 3.78. The molecule has 1 unspecified atom stereocenters. The van der Waals surface area contributed by atoms with Gasteiger partial charge < -0.3 is 9.84 Å². The zero-order valence-electron chi connectivity index (χ0n) is 17.8. The molecule has 1 N–H and O–H groups in total. The smallest absolute Gasteiger partial charge is 0.324 e. The normalized spacial score (nSPS) is 12.0. The van der Waals surface area contributed by atoms with E-state index >= 15 is 0 Å². The van der Waals surface area contributed by atoms with Gasteiger partial charge in [0.15, 0.2) is 0 Å². The second-order valence-corrected chi connectivity index (χ2v) is 8.82. The molecule has 2 aromatic heterocycles. The summed E-state index contributed by atoms with van der Waals surface area (Å²) in [6.45, 7) is 2.59. The molecule has 0 amide bonds. The van der Waals surface area contributed by atoms with E-state index in [9.17, 15) is 10.1 Å². The zero-order chi connectivity index (χ0) is 22.8. The van der Waals surface area contributed by atoms with Crippen LogP contribution in [0.3, 0.4) is 0 Å². The third-order valence-corrected chi connectivity index (χ3v) is 6.58. The molecule has 0 bridgehead atoms. The monoisotopic (exact) mass is 456 g/mol. The summed E-state index contributed by atoms with van der Waals surface area (Å²) in [6, 6.07) is 25.5. The van der Waals surface area contributed by atoms with E-state index in [1.807, 2.05) is 42.5 Å². The predicted molar refractivity (Wildman–Crippen MR) is 129 cm³/mol. The topological polar surface area (TPSA) is 94.1 Å². The van der Waals surface area contributed by atoms with Crippen LogP contribution in [0.25, 0.3) is 22.2 Å². The molecule has 7 nitrogen and oxygen atoms in total. The van der Waals surface area contributed by atoms with Crippen LogP contribution in [0, 0.1) is 10.1 Å². The lowest BCUT2D eigenvalue weighted by molar-refractivity contribution is -0.380. The first-order chi connectivity index (χ1) is 16.1. The molecule has 0 fully saturated rings. The van der Waals surface area contributed by atoms with Crippen LogP contribution in [0.5, 0.6) is 0 Å². The van der Waals surface area contributed by atoms with Gasteiger partial charge in [0.25, 0.3) is 0 Å². The highest BCUT2D eigenvalue weighted by atomic mass is 32.1. The number of nitrogens with one attached hydrogen (secondary N) is 1. The van der Waals surface area contributed by atoms with Crippen LogP contribution in [0.4, 0.5) is 10.7 Å². The number of rotatable bonds is 7. The number of hydrogen-bond acceptors (Lipinski definition) is 7. The van der Waals surface area contributed by atoms with Crippen LogP contribution in [0.15, 0.2) is 83.4 Å². The zero-order valence-corrected chi connectivity index (χ0v) is 18.6. The Kier molecular flexibility index (Phi) is 5.58. The molecule has 33 heavy (non-hydrogen) atoms. The summed E-state index contributed by atoms with van der Waals surface area (Å²) in [6.07, 6.45) is 0. The minimum atomic E-state index is -0.372. The first kappa shape index (κ1) is 20.8. The number of nitrogens with zero attached hydrogens (tertiary/aromatic N) is 3. The molecule has 5 aromatic rings. The molecule has 0 aliphatic heterocycles. The molecule has 0 saturated heterocycles. The Morgan fingerprint density at radius 2 is 1.82 bits per heavy atom. The van der Waals surface area contributed by atoms with Crippen molar-refractivity contribution in [2.75, 3.05) is 5.32 Å². The minimum Gasteiger partial charge on any atom is -0.380 e. The van der Waals surface area contributed by atoms with Gasteiger partial charge in [0.1, 0.15) is 0 Å². The summed E-state index contributed by atoms with van der Waals surface area (Å²) < 4.78 is 5.61. The summed E-state index contributed by atoms with van der Waals surface area (Å²) in [5, 5.41) is 20.8. The molecular weight excluding hydrogens is 436 g/mol. The van der Waals surface area contributed by atoms with Crippen molar-refractivity contribution >= 4 is 32.8 Å². The summed E-state index contributed by atoms with van der Waals surface area (Å²) in [7, 11) is 0. The van der Waals surface area contributed by atoms with Crippen molar-refractivity contribution in [3.05, 3.63) is 105 Å². The maximum Gasteiger partial charge on any atom is 0.324 e. The van der Waals surface area contributed by atoms with Crippen LogP contribution in [0.1, 0.15) is 29.2 Å². The summed E-state index contributed by atoms with van der Waals surface area (Å²) in [4.78, 5) is 16.0. The van der Waals surface area contributed by atoms with Crippen molar-refractivity contribution in [2.45, 2.75) is 19.4 Å². The Labute approximate surface area is 193 Å². The molecule has 0 aliphatic carbocycles. The van der Waals surface area contributed by atoms with Gasteiger partial charge in [-0.05, 0) is 53.6 Å². The fourth-order valence-corrected chi connectivity index (χ4v) is 4.54. The van der Waals surface area contributed by atoms with Crippen LogP contribution in [-0.2, 0) is 6.54 Å². The second kappa shape index (κ2) is 8.84. The molecule has 3 aromatic carbocycles. The summed E-state index contributed by atoms with van der Waals surface area (Å²) in [5.41, 5.74) is 2.91. The van der Waals surface area contributed by atoms with Gasteiger partial charge in [-0.25, -0.2) is 0 Å². The van der Waals surface area contributed by atoms with Gasteiger partial charge in [-0.3, -0.25) is 10.1 Å². The van der Waals surface area contributed by atoms with Crippen molar-refractivity contribution in [1.29, 1.82) is 0 Å². The molecule has 0 saturated carbocycles. The van der Waals surface area contributed by atoms with Crippen molar-refractivity contribution in [1.82, 2.24) is 10.1 Å². The maximum absolute atomic E-state index is 10.8. The summed E-state index contributed by atoms with van der Waals surface area (Å²) >= 11 is 1.17. The first-order valence-corrected chi connectivity index (χ1v) is 11.3. The highest BCUT2D eigenvalue weighted by molar-refractivity contribution is 7.15. The van der Waals surface area contributed by atoms with E-state index in [0.29, 0.717) is 18.3 Å². The van der Waals surface area contributed by atoms with Crippen LogP contribution in [-0.4, -0.2) is 15.1 Å². The molecule has 164 valence electrons. The van der Waals surface area contributed by atoms with E-state index in [0.717, 1.165) is 21.7 Å². The molecule has 0 aliphatic rings. The Bertz CT molecular complexity index is 1420. The van der Waals surface area contributed by atoms with Crippen molar-refractivity contribution in [3.63, 3.8) is 0 Å². The van der Waals surface area contributed by atoms with Crippen molar-refractivity contribution in [2.24, 2.45) is 0 Å². The number of thiophene rings is 1. The van der Waals surface area contributed by atoms with Gasteiger partial charge in [-0.15, -0.1) is 0 Å². The molecule has 8 heteroatoms. The van der Waals surface area contributed by atoms with E-state index in [2.05, 4.69) is 46.6 Å². The highest BCUT2D eigenvalue weighted by Crippen LogP contribution is 2.31. The quantitative estimate of drug-likeness (QED) is 0.218. The number of nitro groups is 1. The van der Waals surface area contributed by atoms with Crippen molar-refractivity contribution in [3.8, 4) is 11.4 Å². The Balaban J connectivity index is 1.29. The largest absolute Gasteiger partial charge is 0.380 e. The molecule has 0 spiro atoms. The molecule has 1 atom stereocenters. The molecule has 2 heterocycles. The number of hydrogen-bond donors (Lipinski definition) is 1. The third kappa shape index (κ3) is 4.33. The maximum atomic E-state index is 10.8. The summed E-state index contributed by atoms with van der Waals surface area (Å²) in [5.74, 6) is 1.08. The second-order valence-electron chi connectivity index (χ2n) is 7.67. The van der Waals surface area contributed by atoms with Gasteiger partial charge in [-0.1, -0.05) is 59.0 Å². The Morgan fingerprint density at radius 3 is 2.61 bits per heavy atom. The molecule has 5 rings (SSSR count). The minimum absolute atomic E-state index is 0.0341. The van der Waals surface area contributed by atoms with Gasteiger partial charge >= 0.3 is 5.00 Å². The van der Waals surface area contributed by atoms with Crippen LogP contribution in [0.2, 0.25) is 0 Å². The highest BCUT2D eigenvalue weighted by Gasteiger charge is 2.19. The van der Waals surface area contributed by atoms with Crippen LogP contribution < -0.4 is 5.32 Å². The Hall–Kier alpha value is -4.04. The van der Waals surface area contributed by atoms with E-state index in [1.165, 1.54) is 28.2 Å². The van der Waals surface area contributed by atoms with Gasteiger partial charge in [-0.2, -0.15) is 4.98 Å². The van der Waals surface area contributed by atoms with E-state index in [-0.39, 0.29) is 15.8 Å². The average Bonchev–Trinajstić information content (AvgIpc) is 3.53. The van der Waals surface area contributed by atoms with Gasteiger partial charge in [0, 0.05) is 28.7 Å². The van der Waals surface area contributed by atoms with Crippen LogP contribution >= 0.6 is 11.3 Å². The van der Waals surface area contributed by atoms with Gasteiger partial charge in [0.2, 0.25) is 11.7 Å². The van der Waals surface area contributed by atoms with Gasteiger partial charge in [0.05, 0.1) is 10.8 Å². The SMILES string of the molecule is CC(c1nc(-c2ccc(NCc3ccc([N+](=O)[O-])s3)cc2)no1)c1cccc2ccccc12. The fraction of sp³-hybridized carbons (Fsp3) is 0.120. The average molecular weight is 457 g/mol. The van der Waals surface area contributed by atoms with Crippen molar-refractivity contribution < 1.29 is 9.45 Å².